The zero-order valence-corrected chi connectivity index (χ0v) is 15.5. The summed E-state index contributed by atoms with van der Waals surface area (Å²) < 4.78 is 5.14. The summed E-state index contributed by atoms with van der Waals surface area (Å²) in [5, 5.41) is 2.82. The molecule has 1 aromatic heterocycles. The number of hydrogen-bond acceptors (Lipinski definition) is 5. The molecule has 1 fully saturated rings. The molecule has 1 heterocycles. The third kappa shape index (κ3) is 4.81. The molecule has 1 N–H and O–H groups in total. The van der Waals surface area contributed by atoms with Crippen molar-refractivity contribution in [2.24, 2.45) is 5.92 Å². The SMILES string of the molecule is C[C@@H]1CCc2sc(C(=O)OCC(=O)N(C)CC(=O)NC3CC3)cc2C1. The Hall–Kier alpha value is -1.89. The van der Waals surface area contributed by atoms with Gasteiger partial charge in [-0.2, -0.15) is 0 Å². The predicted molar refractivity (Wildman–Crippen MR) is 94.6 cm³/mol. The lowest BCUT2D eigenvalue weighted by Crippen LogP contribution is -2.40. The zero-order valence-electron chi connectivity index (χ0n) is 14.7. The van der Waals surface area contributed by atoms with Gasteiger partial charge in [-0.25, -0.2) is 4.79 Å². The number of ether oxygens (including phenoxy) is 1. The fourth-order valence-corrected chi connectivity index (χ4v) is 4.02. The lowest BCUT2D eigenvalue weighted by molar-refractivity contribution is -0.137. The molecule has 25 heavy (non-hydrogen) atoms. The summed E-state index contributed by atoms with van der Waals surface area (Å²) in [6, 6.07) is 2.16. The molecule has 6 nitrogen and oxygen atoms in total. The van der Waals surface area contributed by atoms with Gasteiger partial charge in [0.05, 0.1) is 6.54 Å². The number of nitrogens with one attached hydrogen (secondary N) is 1. The largest absolute Gasteiger partial charge is 0.451 e. The van der Waals surface area contributed by atoms with E-state index >= 15 is 0 Å². The molecule has 7 heteroatoms. The van der Waals surface area contributed by atoms with Gasteiger partial charge in [0.2, 0.25) is 5.91 Å². The van der Waals surface area contributed by atoms with Gasteiger partial charge >= 0.3 is 5.97 Å². The first-order chi connectivity index (χ1) is 11.9. The third-order valence-electron chi connectivity index (χ3n) is 4.61. The van der Waals surface area contributed by atoms with Crippen molar-refractivity contribution in [2.75, 3.05) is 20.2 Å². The molecule has 136 valence electrons. The van der Waals surface area contributed by atoms with Crippen LogP contribution >= 0.6 is 11.3 Å². The van der Waals surface area contributed by atoms with Crippen LogP contribution in [0, 0.1) is 5.92 Å². The number of esters is 1. The molecular weight excluding hydrogens is 340 g/mol. The minimum atomic E-state index is -0.462. The highest BCUT2D eigenvalue weighted by molar-refractivity contribution is 7.14. The van der Waals surface area contributed by atoms with Crippen molar-refractivity contribution in [3.63, 3.8) is 0 Å². The molecule has 0 unspecified atom stereocenters. The van der Waals surface area contributed by atoms with E-state index in [4.69, 9.17) is 4.74 Å². The third-order valence-corrected chi connectivity index (χ3v) is 5.82. The second-order valence-corrected chi connectivity index (χ2v) is 8.21. The lowest BCUT2D eigenvalue weighted by Gasteiger charge is -2.16. The summed E-state index contributed by atoms with van der Waals surface area (Å²) in [5.74, 6) is -0.377. The van der Waals surface area contributed by atoms with Crippen LogP contribution in [0.2, 0.25) is 0 Å². The van der Waals surface area contributed by atoms with Crippen LogP contribution in [0.4, 0.5) is 0 Å². The van der Waals surface area contributed by atoms with Gasteiger partial charge in [-0.05, 0) is 49.7 Å². The maximum Gasteiger partial charge on any atom is 0.348 e. The van der Waals surface area contributed by atoms with Crippen LogP contribution in [0.1, 0.15) is 46.3 Å². The lowest BCUT2D eigenvalue weighted by atomic mass is 9.90. The average molecular weight is 364 g/mol. The summed E-state index contributed by atoms with van der Waals surface area (Å²) in [6.07, 6.45) is 5.16. The van der Waals surface area contributed by atoms with Crippen molar-refractivity contribution < 1.29 is 19.1 Å². The molecule has 0 bridgehead atoms. The molecule has 2 amide bonds. The number of carbonyl (C=O) groups excluding carboxylic acids is 3. The highest BCUT2D eigenvalue weighted by Crippen LogP contribution is 2.32. The van der Waals surface area contributed by atoms with E-state index in [1.807, 2.05) is 6.07 Å². The Labute approximate surface area is 151 Å². The highest BCUT2D eigenvalue weighted by atomic mass is 32.1. The number of carbonyl (C=O) groups is 3. The Balaban J connectivity index is 1.46. The van der Waals surface area contributed by atoms with Gasteiger partial charge < -0.3 is 15.0 Å². The molecule has 0 saturated heterocycles. The van der Waals surface area contributed by atoms with Gasteiger partial charge in [-0.15, -0.1) is 11.3 Å². The van der Waals surface area contributed by atoms with Crippen molar-refractivity contribution in [2.45, 2.75) is 45.1 Å². The molecule has 1 saturated carbocycles. The van der Waals surface area contributed by atoms with E-state index in [-0.39, 0.29) is 31.0 Å². The van der Waals surface area contributed by atoms with Crippen molar-refractivity contribution in [1.82, 2.24) is 10.2 Å². The molecular formula is C18H24N2O4S. The highest BCUT2D eigenvalue weighted by Gasteiger charge is 2.25. The summed E-state index contributed by atoms with van der Waals surface area (Å²) in [6.45, 7) is 1.86. The first-order valence-corrected chi connectivity index (χ1v) is 9.56. The van der Waals surface area contributed by atoms with Gasteiger partial charge in [0.15, 0.2) is 6.61 Å². The van der Waals surface area contributed by atoms with Crippen LogP contribution < -0.4 is 5.32 Å². The number of aryl methyl sites for hydroxylation is 1. The summed E-state index contributed by atoms with van der Waals surface area (Å²) >= 11 is 1.47. The number of nitrogens with zero attached hydrogens (tertiary/aromatic N) is 1. The molecule has 0 aliphatic heterocycles. The average Bonchev–Trinajstić information content (AvgIpc) is 3.27. The standard InChI is InChI=1S/C18H24N2O4S/c1-11-3-6-14-12(7-11)8-15(25-14)18(23)24-10-17(22)20(2)9-16(21)19-13-4-5-13/h8,11,13H,3-7,9-10H2,1-2H3,(H,19,21)/t11-/m1/s1. The van der Waals surface area contributed by atoms with E-state index < -0.39 is 5.97 Å². The van der Waals surface area contributed by atoms with Crippen molar-refractivity contribution >= 4 is 29.1 Å². The summed E-state index contributed by atoms with van der Waals surface area (Å²) in [4.78, 5) is 39.0. The van der Waals surface area contributed by atoms with Crippen molar-refractivity contribution in [1.29, 1.82) is 0 Å². The molecule has 2 aliphatic rings. The van der Waals surface area contributed by atoms with E-state index in [2.05, 4.69) is 12.2 Å². The Morgan fingerprint density at radius 3 is 2.80 bits per heavy atom. The summed E-state index contributed by atoms with van der Waals surface area (Å²) in [7, 11) is 1.54. The maximum absolute atomic E-state index is 12.2. The van der Waals surface area contributed by atoms with E-state index in [1.54, 1.807) is 0 Å². The molecule has 0 radical (unpaired) electrons. The number of thiophene rings is 1. The van der Waals surface area contributed by atoms with E-state index in [9.17, 15) is 14.4 Å². The second-order valence-electron chi connectivity index (χ2n) is 7.07. The predicted octanol–water partition coefficient (Wildman–Crippen LogP) is 1.77. The smallest absolute Gasteiger partial charge is 0.348 e. The second kappa shape index (κ2) is 7.56. The zero-order chi connectivity index (χ0) is 18.0. The monoisotopic (exact) mass is 364 g/mol. The van der Waals surface area contributed by atoms with Crippen LogP contribution in [0.3, 0.4) is 0 Å². The van der Waals surface area contributed by atoms with Gasteiger partial charge in [0, 0.05) is 18.0 Å². The van der Waals surface area contributed by atoms with E-state index in [0.717, 1.165) is 32.1 Å². The van der Waals surface area contributed by atoms with Gasteiger partial charge in [0.1, 0.15) is 4.88 Å². The molecule has 3 rings (SSSR count). The maximum atomic E-state index is 12.2. The minimum absolute atomic E-state index is 0.0158. The molecule has 0 aromatic carbocycles. The number of likely N-dealkylation sites (N-methyl/N-ethyl adjacent to an activating group) is 1. The molecule has 1 atom stereocenters. The van der Waals surface area contributed by atoms with Gasteiger partial charge in [0.25, 0.3) is 5.91 Å². The number of amides is 2. The Bertz CT molecular complexity index is 681. The van der Waals surface area contributed by atoms with Crippen molar-refractivity contribution in [3.8, 4) is 0 Å². The first-order valence-electron chi connectivity index (χ1n) is 8.74. The molecule has 1 aromatic rings. The van der Waals surface area contributed by atoms with Gasteiger partial charge in [-0.1, -0.05) is 6.92 Å². The van der Waals surface area contributed by atoms with Crippen LogP contribution in [0.25, 0.3) is 0 Å². The fourth-order valence-electron chi connectivity index (χ4n) is 2.92. The normalized spacial score (nSPS) is 19.0. The number of hydrogen-bond donors (Lipinski definition) is 1. The molecule has 0 spiro atoms. The Morgan fingerprint density at radius 1 is 1.32 bits per heavy atom. The first kappa shape index (κ1) is 17.9. The van der Waals surface area contributed by atoms with Crippen LogP contribution in [0.5, 0.6) is 0 Å². The van der Waals surface area contributed by atoms with Crippen LogP contribution in [-0.4, -0.2) is 48.9 Å². The number of rotatable bonds is 6. The fraction of sp³-hybridized carbons (Fsp3) is 0.611. The Morgan fingerprint density at radius 2 is 2.08 bits per heavy atom. The quantitative estimate of drug-likeness (QED) is 0.781. The van der Waals surface area contributed by atoms with Crippen molar-refractivity contribution in [3.05, 3.63) is 21.4 Å². The van der Waals surface area contributed by atoms with E-state index in [1.165, 1.54) is 33.7 Å². The molecule has 2 aliphatic carbocycles. The van der Waals surface area contributed by atoms with Crippen LogP contribution in [0.15, 0.2) is 6.07 Å². The van der Waals surface area contributed by atoms with Gasteiger partial charge in [-0.3, -0.25) is 9.59 Å². The van der Waals surface area contributed by atoms with Crippen LogP contribution in [-0.2, 0) is 27.2 Å². The Kier molecular flexibility index (Phi) is 5.42. The minimum Gasteiger partial charge on any atom is -0.451 e. The summed E-state index contributed by atoms with van der Waals surface area (Å²) in [5.41, 5.74) is 1.23. The number of fused-ring (bicyclic) bond motifs is 1. The topological polar surface area (TPSA) is 75.7 Å². The van der Waals surface area contributed by atoms with E-state index in [0.29, 0.717) is 10.8 Å².